The maximum absolute atomic E-state index is 11.1. The highest BCUT2D eigenvalue weighted by Crippen LogP contribution is 2.68. The zero-order valence-corrected chi connectivity index (χ0v) is 19.5. The Morgan fingerprint density at radius 2 is 1.66 bits per heavy atom. The Balaban J connectivity index is 1.46. The number of rotatable bonds is 5. The average molecular weight is 427 g/mol. The van der Waals surface area contributed by atoms with Crippen LogP contribution in [0.2, 0.25) is 0 Å². The van der Waals surface area contributed by atoms with E-state index in [-0.39, 0.29) is 11.9 Å². The summed E-state index contributed by atoms with van der Waals surface area (Å²) in [6.07, 6.45) is 12.6. The Labute approximate surface area is 178 Å². The SMILES string of the molecule is C[C@H](CCCS(=O)(=O)O)[C@H]1CC[C@H]2[C@@H]3CC[C@@H]4C[C@H](O)CC[C@]4(C)[C@H]3CC[C@]12C. The smallest absolute Gasteiger partial charge is 0.264 e. The van der Waals surface area contributed by atoms with Gasteiger partial charge < -0.3 is 5.11 Å². The van der Waals surface area contributed by atoms with Gasteiger partial charge in [0.25, 0.3) is 10.1 Å². The molecule has 9 atom stereocenters. The lowest BCUT2D eigenvalue weighted by atomic mass is 9.44. The van der Waals surface area contributed by atoms with Crippen molar-refractivity contribution in [2.24, 2.45) is 46.3 Å². The first-order valence-electron chi connectivity index (χ1n) is 12.2. The summed E-state index contributed by atoms with van der Waals surface area (Å²) in [4.78, 5) is 0. The van der Waals surface area contributed by atoms with Gasteiger partial charge in [0.1, 0.15) is 0 Å². The zero-order chi connectivity index (χ0) is 21.0. The molecule has 0 saturated heterocycles. The molecule has 4 fully saturated rings. The summed E-state index contributed by atoms with van der Waals surface area (Å²) in [7, 11) is -3.84. The van der Waals surface area contributed by atoms with Gasteiger partial charge >= 0.3 is 0 Å². The van der Waals surface area contributed by atoms with Gasteiger partial charge in [0.05, 0.1) is 11.9 Å². The van der Waals surface area contributed by atoms with E-state index in [4.69, 9.17) is 4.55 Å². The molecule has 4 aliphatic rings. The monoisotopic (exact) mass is 426 g/mol. The molecule has 0 radical (unpaired) electrons. The third kappa shape index (κ3) is 3.93. The molecule has 5 heteroatoms. The van der Waals surface area contributed by atoms with Crippen molar-refractivity contribution in [2.45, 2.75) is 97.5 Å². The van der Waals surface area contributed by atoms with E-state index in [9.17, 15) is 13.5 Å². The molecule has 0 unspecified atom stereocenters. The van der Waals surface area contributed by atoms with Crippen molar-refractivity contribution in [1.29, 1.82) is 0 Å². The quantitative estimate of drug-likeness (QED) is 0.584. The van der Waals surface area contributed by atoms with Crippen LogP contribution in [0.1, 0.15) is 91.4 Å². The van der Waals surface area contributed by atoms with Crippen LogP contribution in [-0.4, -0.2) is 29.9 Å². The van der Waals surface area contributed by atoms with Gasteiger partial charge in [0, 0.05) is 0 Å². The zero-order valence-electron chi connectivity index (χ0n) is 18.6. The van der Waals surface area contributed by atoms with Crippen molar-refractivity contribution in [1.82, 2.24) is 0 Å². The molecule has 0 aromatic rings. The first-order valence-corrected chi connectivity index (χ1v) is 13.8. The predicted octanol–water partition coefficient (Wildman–Crippen LogP) is 5.31. The molecule has 4 rings (SSSR count). The van der Waals surface area contributed by atoms with Crippen LogP contribution in [0.3, 0.4) is 0 Å². The highest BCUT2D eigenvalue weighted by atomic mass is 32.2. The summed E-state index contributed by atoms with van der Waals surface area (Å²) in [5.74, 6) is 4.34. The molecule has 168 valence electrons. The molecule has 4 saturated carbocycles. The fraction of sp³-hybridized carbons (Fsp3) is 1.00. The molecule has 4 nitrogen and oxygen atoms in total. The first kappa shape index (κ1) is 22.1. The van der Waals surface area contributed by atoms with Crippen molar-refractivity contribution < 1.29 is 18.1 Å². The predicted molar refractivity (Wildman–Crippen MR) is 116 cm³/mol. The lowest BCUT2D eigenvalue weighted by Crippen LogP contribution is -2.54. The lowest BCUT2D eigenvalue weighted by Gasteiger charge is -2.61. The Morgan fingerprint density at radius 1 is 0.966 bits per heavy atom. The van der Waals surface area contributed by atoms with Gasteiger partial charge in [0.15, 0.2) is 0 Å². The topological polar surface area (TPSA) is 74.6 Å². The molecular weight excluding hydrogens is 384 g/mol. The molecule has 4 aliphatic carbocycles. The standard InChI is InChI=1S/C24H42O4S/c1-16(5-4-14-29(26,27)28)20-8-9-21-19-7-6-17-15-18(25)10-12-23(17,2)22(19)11-13-24(20,21)3/h16-22,25H,4-15H2,1-3H3,(H,26,27,28)/t16-,17-,18-,19+,20-,21+,22+,23+,24-/m1/s1. The highest BCUT2D eigenvalue weighted by molar-refractivity contribution is 7.85. The summed E-state index contributed by atoms with van der Waals surface area (Å²) >= 11 is 0. The fourth-order valence-corrected chi connectivity index (χ4v) is 9.53. The van der Waals surface area contributed by atoms with Gasteiger partial charge in [-0.25, -0.2) is 0 Å². The molecule has 2 N–H and O–H groups in total. The normalized spacial score (nSPS) is 48.4. The molecule has 0 bridgehead atoms. The number of fused-ring (bicyclic) bond motifs is 5. The van der Waals surface area contributed by atoms with Gasteiger partial charge in [-0.3, -0.25) is 4.55 Å². The molecule has 29 heavy (non-hydrogen) atoms. The number of aliphatic hydroxyl groups excluding tert-OH is 1. The van der Waals surface area contributed by atoms with Gasteiger partial charge in [-0.1, -0.05) is 20.8 Å². The van der Waals surface area contributed by atoms with Crippen LogP contribution in [0.4, 0.5) is 0 Å². The number of aliphatic hydroxyl groups is 1. The van der Waals surface area contributed by atoms with Gasteiger partial charge in [-0.05, 0) is 117 Å². The van der Waals surface area contributed by atoms with E-state index < -0.39 is 10.1 Å². The lowest BCUT2D eigenvalue weighted by molar-refractivity contribution is -0.129. The molecule has 0 aromatic carbocycles. The summed E-state index contributed by atoms with van der Waals surface area (Å²) in [6, 6.07) is 0. The van der Waals surface area contributed by atoms with Gasteiger partial charge in [-0.15, -0.1) is 0 Å². The summed E-state index contributed by atoms with van der Waals surface area (Å²) in [6.45, 7) is 7.41. The van der Waals surface area contributed by atoms with Crippen molar-refractivity contribution in [3.63, 3.8) is 0 Å². The van der Waals surface area contributed by atoms with Crippen molar-refractivity contribution in [3.05, 3.63) is 0 Å². The van der Waals surface area contributed by atoms with Crippen LogP contribution < -0.4 is 0 Å². The second kappa shape index (κ2) is 7.78. The minimum absolute atomic E-state index is 0.0714. The number of hydrogen-bond donors (Lipinski definition) is 2. The minimum Gasteiger partial charge on any atom is -0.393 e. The van der Waals surface area contributed by atoms with Crippen LogP contribution in [0.25, 0.3) is 0 Å². The van der Waals surface area contributed by atoms with Crippen LogP contribution in [-0.2, 0) is 10.1 Å². The Kier molecular flexibility index (Phi) is 5.92. The largest absolute Gasteiger partial charge is 0.393 e. The maximum atomic E-state index is 11.1. The third-order valence-electron chi connectivity index (χ3n) is 10.5. The molecule has 0 amide bonds. The van der Waals surface area contributed by atoms with Gasteiger partial charge in [-0.2, -0.15) is 8.42 Å². The summed E-state index contributed by atoms with van der Waals surface area (Å²) in [5.41, 5.74) is 0.832. The van der Waals surface area contributed by atoms with Crippen LogP contribution in [0, 0.1) is 46.3 Å². The summed E-state index contributed by atoms with van der Waals surface area (Å²) < 4.78 is 31.2. The Morgan fingerprint density at radius 3 is 2.38 bits per heavy atom. The average Bonchev–Trinajstić information content (AvgIpc) is 2.98. The van der Waals surface area contributed by atoms with E-state index >= 15 is 0 Å². The molecule has 0 aliphatic heterocycles. The highest BCUT2D eigenvalue weighted by Gasteiger charge is 2.60. The molecular formula is C24H42O4S. The minimum atomic E-state index is -3.84. The van der Waals surface area contributed by atoms with E-state index in [2.05, 4.69) is 20.8 Å². The molecule has 0 spiro atoms. The van der Waals surface area contributed by atoms with E-state index in [0.717, 1.165) is 37.0 Å². The Bertz CT molecular complexity index is 706. The summed E-state index contributed by atoms with van der Waals surface area (Å²) in [5, 5.41) is 10.2. The van der Waals surface area contributed by atoms with Crippen molar-refractivity contribution >= 4 is 10.1 Å². The maximum Gasteiger partial charge on any atom is 0.264 e. The van der Waals surface area contributed by atoms with Crippen LogP contribution in [0.15, 0.2) is 0 Å². The fourth-order valence-electron chi connectivity index (χ4n) is 9.00. The second-order valence-corrected chi connectivity index (χ2v) is 13.3. The van der Waals surface area contributed by atoms with E-state index in [1.54, 1.807) is 0 Å². The van der Waals surface area contributed by atoms with E-state index in [1.807, 2.05) is 0 Å². The molecule has 0 aromatic heterocycles. The molecule has 0 heterocycles. The van der Waals surface area contributed by atoms with Crippen LogP contribution in [0.5, 0.6) is 0 Å². The van der Waals surface area contributed by atoms with Crippen LogP contribution >= 0.6 is 0 Å². The van der Waals surface area contributed by atoms with Gasteiger partial charge in [0.2, 0.25) is 0 Å². The van der Waals surface area contributed by atoms with Crippen molar-refractivity contribution in [2.75, 3.05) is 5.75 Å². The van der Waals surface area contributed by atoms with E-state index in [1.165, 1.54) is 44.9 Å². The first-order chi connectivity index (χ1) is 13.5. The number of hydrogen-bond acceptors (Lipinski definition) is 3. The van der Waals surface area contributed by atoms with E-state index in [0.29, 0.717) is 35.0 Å². The second-order valence-electron chi connectivity index (χ2n) is 11.7. The van der Waals surface area contributed by atoms with Crippen molar-refractivity contribution in [3.8, 4) is 0 Å². The third-order valence-corrected chi connectivity index (χ3v) is 11.3. The Hall–Kier alpha value is -0.130.